The van der Waals surface area contributed by atoms with Crippen LogP contribution in [-0.4, -0.2) is 62.5 Å². The summed E-state index contributed by atoms with van der Waals surface area (Å²) in [7, 11) is 0. The topological polar surface area (TPSA) is 121 Å². The van der Waals surface area contributed by atoms with E-state index < -0.39 is 35.5 Å². The number of allylic oxidation sites excluding steroid dienone is 1. The normalized spacial score (nSPS) is 19.2. The van der Waals surface area contributed by atoms with E-state index >= 15 is 0 Å². The predicted molar refractivity (Wildman–Crippen MR) is 145 cm³/mol. The molecule has 0 radical (unpaired) electrons. The predicted octanol–water partition coefficient (Wildman–Crippen LogP) is 4.33. The van der Waals surface area contributed by atoms with Crippen molar-refractivity contribution < 1.29 is 32.1 Å². The first kappa shape index (κ1) is 28.8. The van der Waals surface area contributed by atoms with Crippen LogP contribution in [0.15, 0.2) is 35.5 Å². The van der Waals surface area contributed by atoms with E-state index in [0.717, 1.165) is 18.3 Å². The van der Waals surface area contributed by atoms with Gasteiger partial charge in [-0.2, -0.15) is 5.10 Å². The molecule has 3 N–H and O–H groups in total. The van der Waals surface area contributed by atoms with Crippen molar-refractivity contribution >= 4 is 33.3 Å². The minimum Gasteiger partial charge on any atom is -0.404 e. The van der Waals surface area contributed by atoms with Crippen molar-refractivity contribution in [2.75, 3.05) is 13.2 Å². The largest absolute Gasteiger partial charge is 0.404 e. The first-order chi connectivity index (χ1) is 19.5. The minimum absolute atomic E-state index is 0.0403. The van der Waals surface area contributed by atoms with Gasteiger partial charge in [0.1, 0.15) is 29.7 Å². The number of aromatic nitrogens is 4. The third kappa shape index (κ3) is 5.86. The number of hydrogen-bond donors (Lipinski definition) is 2. The van der Waals surface area contributed by atoms with Crippen molar-refractivity contribution in [3.8, 4) is 5.69 Å². The Hall–Kier alpha value is -3.72. The third-order valence-corrected chi connectivity index (χ3v) is 7.43. The molecule has 2 aromatic carbocycles. The van der Waals surface area contributed by atoms with Gasteiger partial charge < -0.3 is 20.3 Å². The van der Waals surface area contributed by atoms with Gasteiger partial charge in [0.05, 0.1) is 34.7 Å². The lowest BCUT2D eigenvalue weighted by Crippen LogP contribution is -2.47. The van der Waals surface area contributed by atoms with Crippen molar-refractivity contribution in [1.29, 1.82) is 0 Å². The zero-order valence-corrected chi connectivity index (χ0v) is 23.0. The number of aliphatic hydroxyl groups excluding tert-OH is 1. The van der Waals surface area contributed by atoms with Gasteiger partial charge in [-0.05, 0) is 44.5 Å². The summed E-state index contributed by atoms with van der Waals surface area (Å²) in [5.41, 5.74) is 6.28. The lowest BCUT2D eigenvalue weighted by atomic mass is 10.1. The summed E-state index contributed by atoms with van der Waals surface area (Å²) in [4.78, 5) is 12.9. The Morgan fingerprint density at radius 2 is 1.93 bits per heavy atom. The average molecular weight is 591 g/mol. The maximum atomic E-state index is 14.9. The van der Waals surface area contributed by atoms with Gasteiger partial charge in [-0.25, -0.2) is 32.2 Å². The summed E-state index contributed by atoms with van der Waals surface area (Å²) in [5.74, 6) is -4.32. The van der Waals surface area contributed by atoms with Crippen LogP contribution in [0.2, 0.25) is 0 Å². The van der Waals surface area contributed by atoms with Gasteiger partial charge in [0.2, 0.25) is 0 Å². The van der Waals surface area contributed by atoms with Gasteiger partial charge in [-0.15, -0.1) is 11.3 Å². The molecule has 1 aliphatic heterocycles. The Morgan fingerprint density at radius 3 is 2.56 bits per heavy atom. The number of nitrogens with zero attached hydrogens (tertiary/aromatic N) is 5. The van der Waals surface area contributed by atoms with E-state index in [1.54, 1.807) is 19.9 Å². The highest BCUT2D eigenvalue weighted by atomic mass is 32.1. The second kappa shape index (κ2) is 11.6. The van der Waals surface area contributed by atoms with Crippen LogP contribution in [0.4, 0.5) is 17.6 Å². The molecular weight excluding hydrogens is 564 g/mol. The summed E-state index contributed by atoms with van der Waals surface area (Å²) >= 11 is 1.33. The monoisotopic (exact) mass is 590 g/mol. The number of hydrogen-bond acceptors (Lipinski definition) is 9. The average Bonchev–Trinajstić information content (AvgIpc) is 3.50. The van der Waals surface area contributed by atoms with Crippen LogP contribution in [0.25, 0.3) is 21.5 Å². The highest BCUT2D eigenvalue weighted by molar-refractivity contribution is 7.18. The van der Waals surface area contributed by atoms with E-state index in [9.17, 15) is 22.7 Å². The summed E-state index contributed by atoms with van der Waals surface area (Å²) in [6.45, 7) is 5.31. The molecule has 4 unspecified atom stereocenters. The molecule has 41 heavy (non-hydrogen) atoms. The van der Waals surface area contributed by atoms with Gasteiger partial charge in [-0.1, -0.05) is 0 Å². The first-order valence-electron chi connectivity index (χ1n) is 12.6. The molecule has 5 rings (SSSR count). The molecule has 0 amide bonds. The van der Waals surface area contributed by atoms with Crippen LogP contribution in [0.1, 0.15) is 35.2 Å². The molecule has 0 aliphatic carbocycles. The second-order valence-electron chi connectivity index (χ2n) is 9.51. The Balaban J connectivity index is 1.45. The molecule has 0 spiro atoms. The zero-order chi connectivity index (χ0) is 29.4. The van der Waals surface area contributed by atoms with Crippen molar-refractivity contribution in [3.63, 3.8) is 0 Å². The maximum Gasteiger partial charge on any atom is 0.194 e. The number of aliphatic hydroxyl groups is 1. The van der Waals surface area contributed by atoms with Crippen molar-refractivity contribution in [3.05, 3.63) is 76.0 Å². The van der Waals surface area contributed by atoms with Gasteiger partial charge in [-0.3, -0.25) is 4.99 Å². The molecule has 0 bridgehead atoms. The molecule has 216 valence electrons. The molecule has 3 heterocycles. The van der Waals surface area contributed by atoms with Crippen LogP contribution in [0.5, 0.6) is 0 Å². The van der Waals surface area contributed by atoms with E-state index in [1.807, 2.05) is 6.92 Å². The smallest absolute Gasteiger partial charge is 0.194 e. The van der Waals surface area contributed by atoms with Crippen LogP contribution in [0.3, 0.4) is 0 Å². The number of aliphatic imine (C=N–C) groups is 1. The second-order valence-corrected chi connectivity index (χ2v) is 10.7. The lowest BCUT2D eigenvalue weighted by Gasteiger charge is -2.37. The third-order valence-electron chi connectivity index (χ3n) is 6.51. The maximum absolute atomic E-state index is 14.9. The minimum atomic E-state index is -1.60. The van der Waals surface area contributed by atoms with Crippen molar-refractivity contribution in [2.45, 2.75) is 45.2 Å². The van der Waals surface area contributed by atoms with Crippen molar-refractivity contribution in [1.82, 2.24) is 19.7 Å². The lowest BCUT2D eigenvalue weighted by molar-refractivity contribution is -0.216. The molecule has 1 saturated heterocycles. The summed E-state index contributed by atoms with van der Waals surface area (Å²) < 4.78 is 69.4. The molecule has 4 aromatic rings. The molecule has 1 fully saturated rings. The Labute approximate surface area is 236 Å². The van der Waals surface area contributed by atoms with Crippen LogP contribution < -0.4 is 5.73 Å². The Bertz CT molecular complexity index is 1630. The molecule has 2 aromatic heterocycles. The Morgan fingerprint density at radius 1 is 1.20 bits per heavy atom. The molecule has 4 atom stereocenters. The number of fused-ring (bicyclic) bond motifs is 1. The van der Waals surface area contributed by atoms with E-state index in [0.29, 0.717) is 27.8 Å². The highest BCUT2D eigenvalue weighted by Crippen LogP contribution is 2.32. The van der Waals surface area contributed by atoms with Gasteiger partial charge >= 0.3 is 0 Å². The first-order valence-corrected chi connectivity index (χ1v) is 13.4. The van der Waals surface area contributed by atoms with E-state index in [4.69, 9.17) is 15.2 Å². The van der Waals surface area contributed by atoms with Gasteiger partial charge in [0.15, 0.2) is 29.1 Å². The standard InChI is InChI=1S/C27H26F4N6O3S/c1-12-22(11-39-12)40-26(21(38)10-33-9-16(8-32)15-4-18(28)24(31)19(29)5-15)27-34-13(2)36-37(27)17-6-20(30)25-23(7-17)41-14(3)35-25/h4-9,12,21-22,26,38H,10-11,32H2,1-3H3/b16-8+,33-9?. The molecule has 14 heteroatoms. The zero-order valence-electron chi connectivity index (χ0n) is 22.2. The van der Waals surface area contributed by atoms with Crippen LogP contribution >= 0.6 is 11.3 Å². The summed E-state index contributed by atoms with van der Waals surface area (Å²) in [5, 5.41) is 16.4. The van der Waals surface area contributed by atoms with Crippen LogP contribution in [0, 0.1) is 37.1 Å². The highest BCUT2D eigenvalue weighted by Gasteiger charge is 2.37. The summed E-state index contributed by atoms with van der Waals surface area (Å²) in [6, 6.07) is 4.59. The number of ether oxygens (including phenoxy) is 2. The SMILES string of the molecule is Cc1nc(C(OC2COC2C)C(O)CN=C/C(=C\N)c2cc(F)c(F)c(F)c2)n(-c2cc(F)c3nc(C)sc3c2)n1. The quantitative estimate of drug-likeness (QED) is 0.169. The van der Waals surface area contributed by atoms with E-state index in [2.05, 4.69) is 20.1 Å². The number of nitrogens with two attached hydrogens (primary N) is 1. The molecule has 0 saturated carbocycles. The number of aryl methyl sites for hydroxylation is 2. The fraction of sp³-hybridized carbons (Fsp3) is 0.333. The van der Waals surface area contributed by atoms with Crippen molar-refractivity contribution in [2.24, 2.45) is 10.7 Å². The molecular formula is C27H26F4N6O3S. The van der Waals surface area contributed by atoms with E-state index in [-0.39, 0.29) is 41.2 Å². The number of benzene rings is 2. The summed E-state index contributed by atoms with van der Waals surface area (Å²) in [6.07, 6.45) is -0.715. The van der Waals surface area contributed by atoms with Gasteiger partial charge in [0.25, 0.3) is 0 Å². The molecule has 9 nitrogen and oxygen atoms in total. The number of rotatable bonds is 9. The van der Waals surface area contributed by atoms with Gasteiger partial charge in [0, 0.05) is 24.1 Å². The Kier molecular flexibility index (Phi) is 8.18. The molecule has 1 aliphatic rings. The fourth-order valence-corrected chi connectivity index (χ4v) is 5.21. The number of thiazole rings is 1. The fourth-order valence-electron chi connectivity index (χ4n) is 4.33. The number of halogens is 4. The van der Waals surface area contributed by atoms with Crippen LogP contribution in [-0.2, 0) is 9.47 Å². The van der Waals surface area contributed by atoms with E-state index in [1.165, 1.54) is 28.3 Å².